The monoisotopic (exact) mass is 1460 g/mol. The van der Waals surface area contributed by atoms with E-state index in [-0.39, 0.29) is 137 Å². The fourth-order valence-electron chi connectivity index (χ4n) is 16.9. The van der Waals surface area contributed by atoms with E-state index in [1.54, 1.807) is 18.2 Å². The van der Waals surface area contributed by atoms with Crippen molar-refractivity contribution in [2.24, 2.45) is 0 Å². The van der Waals surface area contributed by atoms with Gasteiger partial charge in [0.2, 0.25) is 70.9 Å². The second-order valence-electron chi connectivity index (χ2n) is 28.6. The predicted molar refractivity (Wildman–Crippen MR) is 364 cm³/mol. The van der Waals surface area contributed by atoms with Crippen LogP contribution in [0.25, 0.3) is 0 Å². The number of carbonyl (C=O) groups is 12. The molecule has 105 heavy (non-hydrogen) atoms. The van der Waals surface area contributed by atoms with Gasteiger partial charge in [-0.1, -0.05) is 33.9 Å². The first kappa shape index (κ1) is 73.5. The van der Waals surface area contributed by atoms with E-state index in [0.717, 1.165) is 0 Å². The van der Waals surface area contributed by atoms with Crippen molar-refractivity contribution < 1.29 is 71.7 Å². The van der Waals surface area contributed by atoms with Gasteiger partial charge in [-0.3, -0.25) is 57.5 Å². The van der Waals surface area contributed by atoms with Crippen molar-refractivity contribution in [3.05, 3.63) is 73.6 Å². The fraction of sp³-hybridized carbons (Fsp3) is 0.652. The fourth-order valence-corrected chi connectivity index (χ4v) is 16.9. The van der Waals surface area contributed by atoms with Crippen molar-refractivity contribution in [3.8, 4) is 0 Å². The summed E-state index contributed by atoms with van der Waals surface area (Å²) in [6.45, 7) is 12.2. The van der Waals surface area contributed by atoms with Crippen LogP contribution in [-0.4, -0.2) is 311 Å². The number of carbonyl (C=O) groups excluding carboxylic acids is 12. The van der Waals surface area contributed by atoms with Crippen LogP contribution in [0.1, 0.15) is 113 Å². The van der Waals surface area contributed by atoms with Gasteiger partial charge in [-0.15, -0.1) is 35.0 Å². The first-order valence-electron chi connectivity index (χ1n) is 36.8. The molecule has 36 heteroatoms. The molecular formula is C69H93N21O15. The van der Waals surface area contributed by atoms with Crippen LogP contribution in [-0.2, 0) is 111 Å². The van der Waals surface area contributed by atoms with Gasteiger partial charge in [0, 0.05) is 78.2 Å². The summed E-state index contributed by atoms with van der Waals surface area (Å²) >= 11 is 0. The molecule has 10 aliphatic rings. The third kappa shape index (κ3) is 15.9. The highest BCUT2D eigenvalue weighted by molar-refractivity contribution is 5.98. The van der Waals surface area contributed by atoms with Gasteiger partial charge in [-0.2, -0.15) is 0 Å². The normalized spacial score (nSPS) is 29.8. The highest BCUT2D eigenvalue weighted by Gasteiger charge is 2.53. The van der Waals surface area contributed by atoms with Crippen LogP contribution in [0.3, 0.4) is 0 Å². The number of aromatic nitrogens is 9. The molecule has 0 spiro atoms. The SMILES string of the molecule is C=CCO[C@@H]1C[C@H]2C(=O)N3CCC[C@H]3C(=O)NCc3cn(nn3)CC(=O)N3CCC[C@H]3C(=O)N3C[C@H](OCC=C)C[C@H]3C(=O)N3CCC[C@H]3C(=O)NCc3cn(nn3)CC(=O)N3CCC[C@H]3C(=O)N3C[C@H](OCC=C)C[C@H]3C(=O)N3CCC[C@H]3C(=O)NCc3cn(nn3)CC(=O)N3CCC[C@H]3C(=O)N2C1. The average Bonchev–Trinajstić information content (AvgIpc) is 1.65. The third-order valence-corrected chi connectivity index (χ3v) is 21.9. The number of nitrogens with zero attached hydrogens (tertiary/aromatic N) is 18. The van der Waals surface area contributed by atoms with Crippen molar-refractivity contribution in [1.82, 2.24) is 105 Å². The molecule has 6 bridgehead atoms. The molecule has 13 rings (SSSR count). The maximum Gasteiger partial charge on any atom is 0.246 e. The highest BCUT2D eigenvalue weighted by Crippen LogP contribution is 2.35. The molecule has 13 heterocycles. The lowest BCUT2D eigenvalue weighted by atomic mass is 10.1. The molecule has 564 valence electrons. The molecule has 36 nitrogen and oxygen atoms in total. The van der Waals surface area contributed by atoms with Crippen molar-refractivity contribution in [2.45, 2.75) is 208 Å². The number of rotatable bonds is 9. The number of ether oxygens (including phenoxy) is 3. The molecule has 0 unspecified atom stereocenters. The van der Waals surface area contributed by atoms with Crippen LogP contribution in [0, 0.1) is 0 Å². The Morgan fingerprint density at radius 2 is 0.590 bits per heavy atom. The molecule has 12 atom stereocenters. The van der Waals surface area contributed by atoms with Crippen molar-refractivity contribution in [1.29, 1.82) is 0 Å². The van der Waals surface area contributed by atoms with Gasteiger partial charge in [-0.25, -0.2) is 14.0 Å². The smallest absolute Gasteiger partial charge is 0.246 e. The average molecular weight is 1460 g/mol. The van der Waals surface area contributed by atoms with Crippen LogP contribution in [0.2, 0.25) is 0 Å². The van der Waals surface area contributed by atoms with Crippen molar-refractivity contribution in [2.75, 3.05) is 78.7 Å². The maximum atomic E-state index is 14.8. The molecule has 9 fully saturated rings. The quantitative estimate of drug-likeness (QED) is 0.182. The first-order valence-corrected chi connectivity index (χ1v) is 36.8. The van der Waals surface area contributed by atoms with E-state index in [0.29, 0.717) is 94.1 Å². The van der Waals surface area contributed by atoms with Gasteiger partial charge in [-0.05, 0) is 77.0 Å². The summed E-state index contributed by atoms with van der Waals surface area (Å²) in [5.41, 5.74) is 0.936. The lowest BCUT2D eigenvalue weighted by Crippen LogP contribution is -2.56. The van der Waals surface area contributed by atoms with Crippen LogP contribution in [0.4, 0.5) is 0 Å². The Bertz CT molecular complexity index is 3460. The summed E-state index contributed by atoms with van der Waals surface area (Å²) < 4.78 is 22.1. The van der Waals surface area contributed by atoms with Crippen LogP contribution < -0.4 is 16.0 Å². The van der Waals surface area contributed by atoms with Crippen LogP contribution in [0.5, 0.6) is 0 Å². The number of hydrogen-bond donors (Lipinski definition) is 3. The molecule has 3 aromatic heterocycles. The minimum absolute atomic E-state index is 0.0535. The van der Waals surface area contributed by atoms with Crippen LogP contribution >= 0.6 is 0 Å². The van der Waals surface area contributed by atoms with Gasteiger partial charge in [0.15, 0.2) is 0 Å². The van der Waals surface area contributed by atoms with E-state index < -0.39 is 144 Å². The molecule has 0 aromatic carbocycles. The van der Waals surface area contributed by atoms with Gasteiger partial charge in [0.05, 0.1) is 76.4 Å². The Morgan fingerprint density at radius 3 is 0.857 bits per heavy atom. The lowest BCUT2D eigenvalue weighted by molar-refractivity contribution is -0.150. The molecule has 10 aliphatic heterocycles. The molecule has 3 aromatic rings. The largest absolute Gasteiger partial charge is 0.372 e. The minimum atomic E-state index is -1.02. The summed E-state index contributed by atoms with van der Waals surface area (Å²) in [4.78, 5) is 187. The zero-order valence-corrected chi connectivity index (χ0v) is 59.0. The zero-order chi connectivity index (χ0) is 73.6. The highest BCUT2D eigenvalue weighted by atomic mass is 16.5. The standard InChI is InChI=1S/C69H93N21O15/c1-4-25-103-46-28-55-67(100)85-22-7-13-49(85)61(94)70-31-43-35-80(77-73-43)41-59(92)83-20-11-17-53(83)65(98)89-38-48(105-27-6-3)30-57(89)69(102)87-24-9-15-51(87)63(96)72-33-45-36-81(78-75-45)42-60(93)84-21-12-18-54(84)66(99)90-39-47(104-26-5-2)29-56(90)68(101)86-23-8-14-50(86)62(95)71-32-44-34-79(76-74-44)40-58(91)82-19-10-16-52(82)64(97)88(55)37-46/h4-6,34-36,46-57H,1-3,7-33,37-42H2,(H,70,94)(H,71,95)(H,72,96)/t46-,47-,48-,49+,50+,51+,52+,53+,54+,55+,56+,57+/m1/s1. The third-order valence-electron chi connectivity index (χ3n) is 21.9. The number of hydrogen-bond acceptors (Lipinski definition) is 21. The van der Waals surface area contributed by atoms with E-state index in [2.05, 4.69) is 66.6 Å². The molecule has 12 amide bonds. The van der Waals surface area contributed by atoms with E-state index >= 15 is 0 Å². The lowest BCUT2D eigenvalue weighted by Gasteiger charge is -2.33. The van der Waals surface area contributed by atoms with Gasteiger partial charge < -0.3 is 74.3 Å². The second kappa shape index (κ2) is 32.7. The Morgan fingerprint density at radius 1 is 0.343 bits per heavy atom. The molecule has 0 aliphatic carbocycles. The topological polar surface area (TPSA) is 390 Å². The molecule has 0 saturated carbocycles. The van der Waals surface area contributed by atoms with Gasteiger partial charge >= 0.3 is 0 Å². The molecular weight excluding hydrogens is 1360 g/mol. The zero-order valence-electron chi connectivity index (χ0n) is 59.0. The molecule has 0 radical (unpaired) electrons. The summed E-state index contributed by atoms with van der Waals surface area (Å²) in [7, 11) is 0. The van der Waals surface area contributed by atoms with E-state index in [1.807, 2.05) is 0 Å². The van der Waals surface area contributed by atoms with Gasteiger partial charge in [0.1, 0.15) is 91.1 Å². The number of fused-ring (bicyclic) bond motifs is 15. The molecule has 3 N–H and O–H groups in total. The Hall–Kier alpha value is -9.84. The van der Waals surface area contributed by atoms with E-state index in [4.69, 9.17) is 14.2 Å². The minimum Gasteiger partial charge on any atom is -0.372 e. The van der Waals surface area contributed by atoms with E-state index in [1.165, 1.54) is 76.7 Å². The van der Waals surface area contributed by atoms with Crippen molar-refractivity contribution >= 4 is 70.9 Å². The Balaban J connectivity index is 0.726. The van der Waals surface area contributed by atoms with E-state index in [9.17, 15) is 57.5 Å². The number of nitrogens with one attached hydrogen (secondary N) is 3. The van der Waals surface area contributed by atoms with Gasteiger partial charge in [0.25, 0.3) is 0 Å². The first-order chi connectivity index (χ1) is 50.9. The summed E-state index contributed by atoms with van der Waals surface area (Å²) in [6.07, 6.45) is 13.0. The van der Waals surface area contributed by atoms with Crippen LogP contribution in [0.15, 0.2) is 56.6 Å². The maximum absolute atomic E-state index is 14.8. The molecule has 9 saturated heterocycles. The van der Waals surface area contributed by atoms with Crippen molar-refractivity contribution in [3.63, 3.8) is 0 Å². The second-order valence-corrected chi connectivity index (χ2v) is 28.6. The predicted octanol–water partition coefficient (Wildman–Crippen LogP) is -2.81. The Labute approximate surface area is 606 Å². The Kier molecular flexibility index (Phi) is 22.9. The summed E-state index contributed by atoms with van der Waals surface area (Å²) in [5, 5.41) is 33.8. The summed E-state index contributed by atoms with van der Waals surface area (Å²) in [6, 6.07) is -8.52. The summed E-state index contributed by atoms with van der Waals surface area (Å²) in [5.74, 6) is -5.30. The number of amides is 12.